The first-order chi connectivity index (χ1) is 29.8. The molecule has 0 amide bonds. The van der Waals surface area contributed by atoms with E-state index in [1.165, 1.54) is 74.1 Å². The van der Waals surface area contributed by atoms with Crippen molar-refractivity contribution in [1.29, 1.82) is 0 Å². The first-order valence-electron chi connectivity index (χ1n) is 21.8. The molecule has 4 heterocycles. The van der Waals surface area contributed by atoms with Gasteiger partial charge in [0.05, 0.1) is 33.5 Å². The van der Waals surface area contributed by atoms with Gasteiger partial charge in [0, 0.05) is 45.4 Å². The Hall–Kier alpha value is -4.87. The van der Waals surface area contributed by atoms with Crippen molar-refractivity contribution in [2.24, 2.45) is 0 Å². The number of para-hydroxylation sites is 4. The minimum atomic E-state index is -0.159. The fourth-order valence-electron chi connectivity index (χ4n) is 7.92. The Morgan fingerprint density at radius 3 is 1.56 bits per heavy atom. The molecule has 2 fully saturated rings. The van der Waals surface area contributed by atoms with Crippen LogP contribution >= 0.6 is 22.6 Å². The number of H-pyrrole nitrogens is 1. The molecule has 0 spiro atoms. The SMILES string of the molecule is CCCN(C)C.Cc1ccc(OC2CCCCO2)c(-n2c3ccccc3c3ccccc32)c1.Cc1ccc(OC2CCCCO2)c(I)c1.c1ccc2c(c1)[nH]c1ccccc12. The Morgan fingerprint density at radius 2 is 1.08 bits per heavy atom. The van der Waals surface area contributed by atoms with E-state index in [9.17, 15) is 0 Å². The lowest BCUT2D eigenvalue weighted by Crippen LogP contribution is -2.25. The van der Waals surface area contributed by atoms with E-state index in [2.05, 4.69) is 199 Å². The topological polar surface area (TPSA) is 60.9 Å². The molecule has 2 saturated heterocycles. The van der Waals surface area contributed by atoms with Crippen LogP contribution in [-0.2, 0) is 9.47 Å². The Kier molecular flexibility index (Phi) is 15.8. The summed E-state index contributed by atoms with van der Waals surface area (Å²) in [6.07, 6.45) is 7.63. The molecule has 8 heteroatoms. The Morgan fingerprint density at radius 1 is 0.607 bits per heavy atom. The summed E-state index contributed by atoms with van der Waals surface area (Å²) in [5, 5.41) is 5.13. The zero-order valence-electron chi connectivity index (χ0n) is 36.3. The van der Waals surface area contributed by atoms with E-state index in [4.69, 9.17) is 18.9 Å². The van der Waals surface area contributed by atoms with E-state index in [-0.39, 0.29) is 12.6 Å². The molecule has 6 aromatic carbocycles. The molecular weight excluding hydrogens is 870 g/mol. The van der Waals surface area contributed by atoms with Crippen LogP contribution in [0.3, 0.4) is 0 Å². The molecule has 61 heavy (non-hydrogen) atoms. The molecule has 2 aromatic heterocycles. The van der Waals surface area contributed by atoms with Crippen LogP contribution in [0.2, 0.25) is 0 Å². The van der Waals surface area contributed by atoms with E-state index in [0.717, 1.165) is 66.1 Å². The van der Waals surface area contributed by atoms with Crippen LogP contribution in [0.15, 0.2) is 133 Å². The number of hydrogen-bond acceptors (Lipinski definition) is 5. The highest BCUT2D eigenvalue weighted by molar-refractivity contribution is 14.1. The van der Waals surface area contributed by atoms with Gasteiger partial charge in [-0.2, -0.15) is 0 Å². The van der Waals surface area contributed by atoms with Gasteiger partial charge in [0.1, 0.15) is 11.5 Å². The monoisotopic (exact) mass is 929 g/mol. The van der Waals surface area contributed by atoms with Gasteiger partial charge in [-0.25, -0.2) is 0 Å². The summed E-state index contributed by atoms with van der Waals surface area (Å²) >= 11 is 2.30. The van der Waals surface area contributed by atoms with Gasteiger partial charge in [0.25, 0.3) is 0 Å². The number of halogens is 1. The van der Waals surface area contributed by atoms with Gasteiger partial charge in [-0.3, -0.25) is 0 Å². The number of aryl methyl sites for hydroxylation is 2. The zero-order chi connectivity index (χ0) is 42.6. The molecule has 2 unspecified atom stereocenters. The lowest BCUT2D eigenvalue weighted by molar-refractivity contribution is -0.106. The second-order valence-electron chi connectivity index (χ2n) is 16.1. The van der Waals surface area contributed by atoms with Gasteiger partial charge in [0.15, 0.2) is 12.6 Å². The summed E-state index contributed by atoms with van der Waals surface area (Å²) in [5.41, 5.74) is 8.35. The van der Waals surface area contributed by atoms with Crippen molar-refractivity contribution >= 4 is 66.2 Å². The van der Waals surface area contributed by atoms with Gasteiger partial charge in [-0.05, 0) is 149 Å². The second kappa shape index (κ2) is 21.8. The molecule has 0 aliphatic carbocycles. The summed E-state index contributed by atoms with van der Waals surface area (Å²) in [4.78, 5) is 5.56. The quantitative estimate of drug-likeness (QED) is 0.161. The number of ether oxygens (including phenoxy) is 4. The van der Waals surface area contributed by atoms with Crippen molar-refractivity contribution in [2.75, 3.05) is 33.9 Å². The third-order valence-electron chi connectivity index (χ3n) is 10.9. The first-order valence-corrected chi connectivity index (χ1v) is 22.9. The minimum Gasteiger partial charge on any atom is -0.464 e. The maximum atomic E-state index is 6.32. The van der Waals surface area contributed by atoms with Crippen molar-refractivity contribution in [3.05, 3.63) is 148 Å². The summed E-state index contributed by atoms with van der Waals surface area (Å²) in [6, 6.07) is 46.5. The van der Waals surface area contributed by atoms with Crippen molar-refractivity contribution in [3.63, 3.8) is 0 Å². The van der Waals surface area contributed by atoms with Gasteiger partial charge >= 0.3 is 0 Å². The molecule has 7 nitrogen and oxygen atoms in total. The highest BCUT2D eigenvalue weighted by atomic mass is 127. The number of fused-ring (bicyclic) bond motifs is 6. The van der Waals surface area contributed by atoms with Crippen LogP contribution in [0.5, 0.6) is 11.5 Å². The van der Waals surface area contributed by atoms with Crippen molar-refractivity contribution in [1.82, 2.24) is 14.5 Å². The average Bonchev–Trinajstić information content (AvgIpc) is 3.83. The summed E-state index contributed by atoms with van der Waals surface area (Å²) in [5.74, 6) is 1.81. The van der Waals surface area contributed by atoms with E-state index in [1.54, 1.807) is 0 Å². The highest BCUT2D eigenvalue weighted by Gasteiger charge is 2.20. The third-order valence-corrected chi connectivity index (χ3v) is 11.7. The van der Waals surface area contributed by atoms with Crippen LogP contribution in [0.1, 0.15) is 63.0 Å². The summed E-state index contributed by atoms with van der Waals surface area (Å²) in [7, 11) is 4.17. The second-order valence-corrected chi connectivity index (χ2v) is 17.3. The molecule has 0 bridgehead atoms. The van der Waals surface area contributed by atoms with Gasteiger partial charge < -0.3 is 33.4 Å². The maximum absolute atomic E-state index is 6.32. The highest BCUT2D eigenvalue weighted by Crippen LogP contribution is 2.36. The molecule has 10 rings (SSSR count). The van der Waals surface area contributed by atoms with Gasteiger partial charge in [-0.1, -0.05) is 91.9 Å². The van der Waals surface area contributed by atoms with Gasteiger partial charge in [0.2, 0.25) is 0 Å². The minimum absolute atomic E-state index is 0.0463. The lowest BCUT2D eigenvalue weighted by Gasteiger charge is -2.25. The number of nitrogens with one attached hydrogen (secondary N) is 1. The smallest absolute Gasteiger partial charge is 0.199 e. The standard InChI is InChI=1S/C24H23NO2.C12H15IO2.C12H9N.C5H13N/c1-17-13-14-23(27-24-12-6-7-15-26-24)22(16-17)25-20-10-4-2-8-18(20)19-9-3-5-11-21(19)25;1-9-5-6-11(10(13)8-9)15-12-4-2-3-7-14-12;1-3-7-11-9(5-1)10-6-2-4-8-12(10)13-11;1-4-5-6(2)3/h2-5,8-11,13-14,16,24H,6-7,12,15H2,1H3;5-6,8,12H,2-4,7H2,1H3;1-8,13H;4-5H2,1-3H3. The maximum Gasteiger partial charge on any atom is 0.199 e. The number of aromatic nitrogens is 2. The van der Waals surface area contributed by atoms with Crippen LogP contribution in [0.4, 0.5) is 0 Å². The summed E-state index contributed by atoms with van der Waals surface area (Å²) < 4.78 is 27.0. The Labute approximate surface area is 375 Å². The average molecular weight is 930 g/mol. The normalized spacial score (nSPS) is 16.3. The largest absolute Gasteiger partial charge is 0.464 e. The van der Waals surface area contributed by atoms with Crippen LogP contribution in [0, 0.1) is 17.4 Å². The molecular formula is C53H60IN3O4. The number of nitrogens with zero attached hydrogens (tertiary/aromatic N) is 2. The van der Waals surface area contributed by atoms with E-state index >= 15 is 0 Å². The fourth-order valence-corrected chi connectivity index (χ4v) is 8.72. The fraction of sp³-hybridized carbons (Fsp3) is 0.321. The zero-order valence-corrected chi connectivity index (χ0v) is 38.5. The molecule has 2 aliphatic heterocycles. The van der Waals surface area contributed by atoms with E-state index in [0.29, 0.717) is 0 Å². The van der Waals surface area contributed by atoms with Crippen molar-refractivity contribution < 1.29 is 18.9 Å². The molecule has 2 aliphatic rings. The molecule has 0 saturated carbocycles. The number of benzene rings is 6. The molecule has 318 valence electrons. The predicted octanol–water partition coefficient (Wildman–Crippen LogP) is 13.8. The number of hydrogen-bond donors (Lipinski definition) is 1. The van der Waals surface area contributed by atoms with Crippen molar-refractivity contribution in [3.8, 4) is 17.2 Å². The number of rotatable bonds is 7. The van der Waals surface area contributed by atoms with Gasteiger partial charge in [-0.15, -0.1) is 0 Å². The number of aromatic amines is 1. The van der Waals surface area contributed by atoms with Crippen molar-refractivity contribution in [2.45, 2.75) is 78.3 Å². The lowest BCUT2D eigenvalue weighted by atomic mass is 10.2. The Bertz CT molecular complexity index is 2520. The van der Waals surface area contributed by atoms with E-state index < -0.39 is 0 Å². The van der Waals surface area contributed by atoms with Crippen LogP contribution in [0.25, 0.3) is 49.3 Å². The first kappa shape index (κ1) is 44.2. The van der Waals surface area contributed by atoms with E-state index in [1.807, 2.05) is 6.07 Å². The van der Waals surface area contributed by atoms with Crippen LogP contribution < -0.4 is 9.47 Å². The molecule has 1 N–H and O–H groups in total. The molecule has 0 radical (unpaired) electrons. The molecule has 2 atom stereocenters. The van der Waals surface area contributed by atoms with Crippen LogP contribution in [-0.4, -0.2) is 60.9 Å². The Balaban J connectivity index is 0.000000139. The third kappa shape index (κ3) is 11.5. The summed E-state index contributed by atoms with van der Waals surface area (Å²) in [6.45, 7) is 9.20. The predicted molar refractivity (Wildman–Crippen MR) is 263 cm³/mol. The molecule has 8 aromatic rings.